The number of anilines is 1. The van der Waals surface area contributed by atoms with E-state index in [9.17, 15) is 4.79 Å². The van der Waals surface area contributed by atoms with Crippen LogP contribution in [0.1, 0.15) is 25.7 Å². The quantitative estimate of drug-likeness (QED) is 0.826. The molecule has 0 bridgehead atoms. The zero-order chi connectivity index (χ0) is 17.9. The van der Waals surface area contributed by atoms with Crippen LogP contribution in [-0.4, -0.2) is 60.3 Å². The molecule has 2 aliphatic rings. The van der Waals surface area contributed by atoms with E-state index in [4.69, 9.17) is 9.72 Å². The van der Waals surface area contributed by atoms with E-state index in [0.717, 1.165) is 75.4 Å². The predicted molar refractivity (Wildman–Crippen MR) is 102 cm³/mol. The Morgan fingerprint density at radius 1 is 1.15 bits per heavy atom. The number of benzene rings is 1. The third kappa shape index (κ3) is 3.30. The highest BCUT2D eigenvalue weighted by Crippen LogP contribution is 2.28. The molecule has 0 aliphatic carbocycles. The topological polar surface area (TPSA) is 50.6 Å². The van der Waals surface area contributed by atoms with E-state index in [1.54, 1.807) is 7.11 Å². The van der Waals surface area contributed by atoms with Gasteiger partial charge >= 0.3 is 0 Å². The van der Waals surface area contributed by atoms with Gasteiger partial charge in [0.2, 0.25) is 11.9 Å². The van der Waals surface area contributed by atoms with Gasteiger partial charge in [-0.05, 0) is 37.8 Å². The van der Waals surface area contributed by atoms with E-state index in [2.05, 4.69) is 32.6 Å². The minimum absolute atomic E-state index is 0.182. The molecular formula is C20H28N4O2. The molecule has 1 aromatic carbocycles. The number of nitrogens with zero attached hydrogens (tertiary/aromatic N) is 4. The highest BCUT2D eigenvalue weighted by atomic mass is 16.5. The van der Waals surface area contributed by atoms with Crippen molar-refractivity contribution in [2.24, 2.45) is 5.92 Å². The fourth-order valence-electron chi connectivity index (χ4n) is 4.23. The van der Waals surface area contributed by atoms with Crippen molar-refractivity contribution in [2.75, 3.05) is 44.8 Å². The number of aromatic nitrogens is 2. The molecule has 6 heteroatoms. The Morgan fingerprint density at radius 3 is 2.62 bits per heavy atom. The molecule has 1 aromatic heterocycles. The van der Waals surface area contributed by atoms with Crippen LogP contribution in [0.4, 0.5) is 5.95 Å². The van der Waals surface area contributed by atoms with Crippen molar-refractivity contribution in [1.29, 1.82) is 0 Å². The second-order valence-corrected chi connectivity index (χ2v) is 7.34. The van der Waals surface area contributed by atoms with Crippen LogP contribution < -0.4 is 4.90 Å². The van der Waals surface area contributed by atoms with E-state index in [1.807, 2.05) is 6.07 Å². The first-order chi connectivity index (χ1) is 12.8. The van der Waals surface area contributed by atoms with Crippen LogP contribution in [0.5, 0.6) is 0 Å². The molecule has 2 fully saturated rings. The predicted octanol–water partition coefficient (Wildman–Crippen LogP) is 2.52. The van der Waals surface area contributed by atoms with Gasteiger partial charge in [-0.1, -0.05) is 12.1 Å². The van der Waals surface area contributed by atoms with Crippen molar-refractivity contribution in [2.45, 2.75) is 32.2 Å². The van der Waals surface area contributed by atoms with Crippen LogP contribution in [0.3, 0.4) is 0 Å². The molecule has 0 saturated carbocycles. The number of imidazole rings is 1. The van der Waals surface area contributed by atoms with Crippen molar-refractivity contribution in [3.8, 4) is 0 Å². The van der Waals surface area contributed by atoms with E-state index in [1.165, 1.54) is 0 Å². The Morgan fingerprint density at radius 2 is 1.88 bits per heavy atom. The average molecular weight is 356 g/mol. The van der Waals surface area contributed by atoms with Gasteiger partial charge in [0.25, 0.3) is 0 Å². The molecular weight excluding hydrogens is 328 g/mol. The molecule has 1 amide bonds. The summed E-state index contributed by atoms with van der Waals surface area (Å²) in [5.41, 5.74) is 2.17. The number of para-hydroxylation sites is 2. The molecule has 6 nitrogen and oxygen atoms in total. The molecule has 3 heterocycles. The minimum Gasteiger partial charge on any atom is -0.383 e. The normalized spacial score (nSPS) is 18.8. The number of fused-ring (bicyclic) bond motifs is 1. The van der Waals surface area contributed by atoms with Crippen molar-refractivity contribution in [3.63, 3.8) is 0 Å². The Balaban J connectivity index is 1.49. The van der Waals surface area contributed by atoms with Gasteiger partial charge in [0.05, 0.1) is 17.6 Å². The Kier molecular flexibility index (Phi) is 5.11. The maximum Gasteiger partial charge on any atom is 0.225 e. The molecule has 2 aliphatic heterocycles. The summed E-state index contributed by atoms with van der Waals surface area (Å²) in [6.45, 7) is 5.13. The third-order valence-electron chi connectivity index (χ3n) is 5.70. The van der Waals surface area contributed by atoms with Crippen LogP contribution in [0.15, 0.2) is 24.3 Å². The van der Waals surface area contributed by atoms with Crippen molar-refractivity contribution in [1.82, 2.24) is 14.5 Å². The third-order valence-corrected chi connectivity index (χ3v) is 5.70. The summed E-state index contributed by atoms with van der Waals surface area (Å²) in [5.74, 6) is 1.56. The second kappa shape index (κ2) is 7.66. The molecule has 26 heavy (non-hydrogen) atoms. The Labute approximate surface area is 154 Å². The van der Waals surface area contributed by atoms with Crippen LogP contribution in [0.2, 0.25) is 0 Å². The number of hydrogen-bond acceptors (Lipinski definition) is 4. The molecule has 4 rings (SSSR count). The molecule has 140 valence electrons. The lowest BCUT2D eigenvalue weighted by molar-refractivity contribution is -0.135. The van der Waals surface area contributed by atoms with E-state index >= 15 is 0 Å². The fraction of sp³-hybridized carbons (Fsp3) is 0.600. The second-order valence-electron chi connectivity index (χ2n) is 7.34. The number of carbonyl (C=O) groups is 1. The van der Waals surface area contributed by atoms with Gasteiger partial charge < -0.3 is 19.1 Å². The maximum absolute atomic E-state index is 12.7. The molecule has 0 radical (unpaired) electrons. The van der Waals surface area contributed by atoms with Crippen molar-refractivity contribution in [3.05, 3.63) is 24.3 Å². The number of rotatable bonds is 5. The molecule has 0 N–H and O–H groups in total. The summed E-state index contributed by atoms with van der Waals surface area (Å²) < 4.78 is 7.55. The highest BCUT2D eigenvalue weighted by molar-refractivity contribution is 5.80. The number of ether oxygens (including phenoxy) is 1. The SMILES string of the molecule is COCCn1c(N2CCC(C(=O)N3CCCC3)CC2)nc2ccccc21. The largest absolute Gasteiger partial charge is 0.383 e. The first-order valence-electron chi connectivity index (χ1n) is 9.76. The highest BCUT2D eigenvalue weighted by Gasteiger charge is 2.31. The van der Waals surface area contributed by atoms with Crippen LogP contribution >= 0.6 is 0 Å². The van der Waals surface area contributed by atoms with Gasteiger partial charge in [-0.25, -0.2) is 4.98 Å². The van der Waals surface area contributed by atoms with Gasteiger partial charge in [-0.3, -0.25) is 4.79 Å². The minimum atomic E-state index is 0.182. The lowest BCUT2D eigenvalue weighted by Crippen LogP contribution is -2.42. The molecule has 0 atom stereocenters. The van der Waals surface area contributed by atoms with Gasteiger partial charge in [0.1, 0.15) is 0 Å². The monoisotopic (exact) mass is 356 g/mol. The number of likely N-dealkylation sites (tertiary alicyclic amines) is 1. The summed E-state index contributed by atoms with van der Waals surface area (Å²) in [6, 6.07) is 8.26. The lowest BCUT2D eigenvalue weighted by atomic mass is 9.95. The molecule has 2 aromatic rings. The maximum atomic E-state index is 12.7. The zero-order valence-electron chi connectivity index (χ0n) is 15.6. The zero-order valence-corrected chi connectivity index (χ0v) is 15.6. The van der Waals surface area contributed by atoms with Gasteiger partial charge in [0, 0.05) is 45.8 Å². The first kappa shape index (κ1) is 17.3. The summed E-state index contributed by atoms with van der Waals surface area (Å²) in [7, 11) is 1.73. The Hall–Kier alpha value is -2.08. The van der Waals surface area contributed by atoms with Crippen molar-refractivity contribution >= 4 is 22.9 Å². The number of hydrogen-bond donors (Lipinski definition) is 0. The van der Waals surface area contributed by atoms with E-state index < -0.39 is 0 Å². The molecule has 2 saturated heterocycles. The van der Waals surface area contributed by atoms with E-state index in [0.29, 0.717) is 12.5 Å². The summed E-state index contributed by atoms with van der Waals surface area (Å²) in [4.78, 5) is 21.9. The van der Waals surface area contributed by atoms with Gasteiger partial charge in [-0.15, -0.1) is 0 Å². The number of piperidine rings is 1. The van der Waals surface area contributed by atoms with Gasteiger partial charge in [-0.2, -0.15) is 0 Å². The lowest BCUT2D eigenvalue weighted by Gasteiger charge is -2.34. The summed E-state index contributed by atoms with van der Waals surface area (Å²) >= 11 is 0. The molecule has 0 spiro atoms. The van der Waals surface area contributed by atoms with Crippen LogP contribution in [0, 0.1) is 5.92 Å². The van der Waals surface area contributed by atoms with Crippen molar-refractivity contribution < 1.29 is 9.53 Å². The number of methoxy groups -OCH3 is 1. The van der Waals surface area contributed by atoms with Crippen LogP contribution in [0.25, 0.3) is 11.0 Å². The van der Waals surface area contributed by atoms with Gasteiger partial charge in [0.15, 0.2) is 0 Å². The standard InChI is InChI=1S/C20H28N4O2/c1-26-15-14-24-18-7-3-2-6-17(18)21-20(24)23-12-8-16(9-13-23)19(25)22-10-4-5-11-22/h2-3,6-7,16H,4-5,8-15H2,1H3. The number of amides is 1. The average Bonchev–Trinajstić information content (AvgIpc) is 3.34. The van der Waals surface area contributed by atoms with Crippen LogP contribution in [-0.2, 0) is 16.1 Å². The smallest absolute Gasteiger partial charge is 0.225 e. The first-order valence-corrected chi connectivity index (χ1v) is 9.76. The molecule has 0 unspecified atom stereocenters. The fourth-order valence-corrected chi connectivity index (χ4v) is 4.23. The summed E-state index contributed by atoms with van der Waals surface area (Å²) in [6.07, 6.45) is 4.16. The Bertz CT molecular complexity index is 758. The summed E-state index contributed by atoms with van der Waals surface area (Å²) in [5, 5.41) is 0. The van der Waals surface area contributed by atoms with E-state index in [-0.39, 0.29) is 5.92 Å². The number of carbonyl (C=O) groups excluding carboxylic acids is 1.